The number of aryl methyl sites for hydroxylation is 1. The molecule has 1 saturated heterocycles. The summed E-state index contributed by atoms with van der Waals surface area (Å²) >= 11 is 2.83. The molecule has 3 aromatic rings. The van der Waals surface area contributed by atoms with Crippen molar-refractivity contribution in [3.8, 4) is 0 Å². The number of nitro benzene ring substituents is 1. The highest BCUT2D eigenvalue weighted by molar-refractivity contribution is 7.22. The second kappa shape index (κ2) is 7.20. The van der Waals surface area contributed by atoms with Gasteiger partial charge in [0.2, 0.25) is 0 Å². The predicted molar refractivity (Wildman–Crippen MR) is 106 cm³/mol. The minimum atomic E-state index is -0.391. The number of benzene rings is 1. The highest BCUT2D eigenvalue weighted by Gasteiger charge is 2.24. The Morgan fingerprint density at radius 1 is 1.37 bits per heavy atom. The molecule has 27 heavy (non-hydrogen) atoms. The number of hydrogen-bond acceptors (Lipinski definition) is 8. The third-order valence-electron chi connectivity index (χ3n) is 4.62. The topological polar surface area (TPSA) is 101 Å². The van der Waals surface area contributed by atoms with Crippen LogP contribution < -0.4 is 10.2 Å². The van der Waals surface area contributed by atoms with Crippen molar-refractivity contribution < 1.29 is 9.72 Å². The molecule has 1 aliphatic rings. The standard InChI is InChI=1S/C17H17N5O3S2/c1-10-15(26-9-18-10)16(23)19-11-4-6-21(7-5-11)17-20-13-3-2-12(22(24)25)8-14(13)27-17/h2-3,8-9,11H,4-7H2,1H3,(H,19,23). The molecule has 8 nitrogen and oxygen atoms in total. The van der Waals surface area contributed by atoms with Crippen LogP contribution in [-0.2, 0) is 0 Å². The lowest BCUT2D eigenvalue weighted by molar-refractivity contribution is -0.384. The first-order valence-corrected chi connectivity index (χ1v) is 10.2. The van der Waals surface area contributed by atoms with Gasteiger partial charge in [0.15, 0.2) is 5.13 Å². The van der Waals surface area contributed by atoms with E-state index in [1.165, 1.54) is 28.7 Å². The largest absolute Gasteiger partial charge is 0.348 e. The van der Waals surface area contributed by atoms with Crippen molar-refractivity contribution >= 4 is 49.6 Å². The van der Waals surface area contributed by atoms with Crippen LogP contribution in [-0.4, -0.2) is 39.9 Å². The van der Waals surface area contributed by atoms with Crippen LogP contribution >= 0.6 is 22.7 Å². The van der Waals surface area contributed by atoms with E-state index in [0.717, 1.165) is 47.0 Å². The van der Waals surface area contributed by atoms with Gasteiger partial charge in [-0.25, -0.2) is 9.97 Å². The summed E-state index contributed by atoms with van der Waals surface area (Å²) in [6.07, 6.45) is 1.67. The molecular weight excluding hydrogens is 386 g/mol. The molecule has 140 valence electrons. The molecule has 0 unspecified atom stereocenters. The van der Waals surface area contributed by atoms with Crippen LogP contribution in [0.1, 0.15) is 28.2 Å². The monoisotopic (exact) mass is 403 g/mol. The van der Waals surface area contributed by atoms with Gasteiger partial charge in [-0.2, -0.15) is 0 Å². The van der Waals surface area contributed by atoms with E-state index in [-0.39, 0.29) is 17.6 Å². The molecule has 1 aromatic carbocycles. The molecule has 1 N–H and O–H groups in total. The first kappa shape index (κ1) is 17.8. The molecule has 3 heterocycles. The van der Waals surface area contributed by atoms with Crippen LogP contribution in [0.25, 0.3) is 10.2 Å². The summed E-state index contributed by atoms with van der Waals surface area (Å²) in [6.45, 7) is 3.41. The molecule has 1 aliphatic heterocycles. The Kier molecular flexibility index (Phi) is 4.75. The first-order chi connectivity index (χ1) is 13.0. The van der Waals surface area contributed by atoms with E-state index >= 15 is 0 Å². The van der Waals surface area contributed by atoms with Crippen molar-refractivity contribution in [3.05, 3.63) is 44.4 Å². The van der Waals surface area contributed by atoms with E-state index in [2.05, 4.69) is 20.2 Å². The van der Waals surface area contributed by atoms with Gasteiger partial charge in [0.1, 0.15) is 4.88 Å². The van der Waals surface area contributed by atoms with Gasteiger partial charge in [0, 0.05) is 31.3 Å². The molecule has 0 radical (unpaired) electrons. The number of non-ortho nitro benzene ring substituents is 1. The average molecular weight is 403 g/mol. The minimum Gasteiger partial charge on any atom is -0.348 e. The molecule has 1 amide bonds. The lowest BCUT2D eigenvalue weighted by Gasteiger charge is -2.32. The van der Waals surface area contributed by atoms with Gasteiger partial charge in [-0.05, 0) is 25.8 Å². The number of anilines is 1. The van der Waals surface area contributed by atoms with Gasteiger partial charge in [-0.3, -0.25) is 14.9 Å². The Morgan fingerprint density at radius 2 is 2.15 bits per heavy atom. The Hall–Kier alpha value is -2.59. The minimum absolute atomic E-state index is 0.0549. The van der Waals surface area contributed by atoms with Crippen LogP contribution in [0.15, 0.2) is 23.7 Å². The van der Waals surface area contributed by atoms with Crippen LogP contribution in [0.2, 0.25) is 0 Å². The number of carbonyl (C=O) groups is 1. The van der Waals surface area contributed by atoms with Gasteiger partial charge >= 0.3 is 0 Å². The van der Waals surface area contributed by atoms with Crippen molar-refractivity contribution in [2.75, 3.05) is 18.0 Å². The van der Waals surface area contributed by atoms with E-state index in [4.69, 9.17) is 0 Å². The summed E-state index contributed by atoms with van der Waals surface area (Å²) in [5.74, 6) is -0.0549. The molecule has 1 fully saturated rings. The lowest BCUT2D eigenvalue weighted by Crippen LogP contribution is -2.44. The second-order valence-electron chi connectivity index (χ2n) is 6.41. The Labute approximate surface area is 163 Å². The molecule has 0 aliphatic carbocycles. The van der Waals surface area contributed by atoms with Gasteiger partial charge in [-0.15, -0.1) is 11.3 Å². The predicted octanol–water partition coefficient (Wildman–Crippen LogP) is 3.37. The highest BCUT2D eigenvalue weighted by atomic mass is 32.1. The van der Waals surface area contributed by atoms with E-state index in [1.54, 1.807) is 17.6 Å². The number of thiazole rings is 2. The zero-order valence-electron chi connectivity index (χ0n) is 14.5. The van der Waals surface area contributed by atoms with Crippen molar-refractivity contribution in [1.82, 2.24) is 15.3 Å². The Bertz CT molecular complexity index is 1010. The van der Waals surface area contributed by atoms with E-state index in [0.29, 0.717) is 4.88 Å². The Balaban J connectivity index is 1.40. The van der Waals surface area contributed by atoms with Gasteiger partial charge in [-0.1, -0.05) is 11.3 Å². The average Bonchev–Trinajstić information content (AvgIpc) is 3.27. The number of nitrogens with zero attached hydrogens (tertiary/aromatic N) is 4. The summed E-state index contributed by atoms with van der Waals surface area (Å²) in [4.78, 5) is 34.4. The maximum atomic E-state index is 12.3. The SMILES string of the molecule is Cc1ncsc1C(=O)NC1CCN(c2nc3ccc([N+](=O)[O-])cc3s2)CC1. The zero-order chi connectivity index (χ0) is 19.0. The number of nitrogens with one attached hydrogen (secondary N) is 1. The number of amides is 1. The molecule has 0 atom stereocenters. The van der Waals surface area contributed by atoms with Gasteiger partial charge in [0.05, 0.1) is 26.3 Å². The quantitative estimate of drug-likeness (QED) is 0.529. The van der Waals surface area contributed by atoms with E-state index in [9.17, 15) is 14.9 Å². The molecule has 0 bridgehead atoms. The summed E-state index contributed by atoms with van der Waals surface area (Å²) in [7, 11) is 0. The molecule has 2 aromatic heterocycles. The second-order valence-corrected chi connectivity index (χ2v) is 8.27. The van der Waals surface area contributed by atoms with E-state index in [1.807, 2.05) is 6.92 Å². The number of piperidine rings is 1. The third kappa shape index (κ3) is 3.62. The number of hydrogen-bond donors (Lipinski definition) is 1. The van der Waals surface area contributed by atoms with Crippen molar-refractivity contribution in [1.29, 1.82) is 0 Å². The van der Waals surface area contributed by atoms with Crippen LogP contribution in [0.5, 0.6) is 0 Å². The fourth-order valence-electron chi connectivity index (χ4n) is 3.14. The molecular formula is C17H17N5O3S2. The molecule has 10 heteroatoms. The van der Waals surface area contributed by atoms with E-state index < -0.39 is 4.92 Å². The summed E-state index contributed by atoms with van der Waals surface area (Å²) in [5.41, 5.74) is 3.30. The number of nitro groups is 1. The summed E-state index contributed by atoms with van der Waals surface area (Å²) < 4.78 is 0.815. The maximum absolute atomic E-state index is 12.3. The smallest absolute Gasteiger partial charge is 0.270 e. The summed E-state index contributed by atoms with van der Waals surface area (Å²) in [6, 6.07) is 4.87. The molecule has 4 rings (SSSR count). The number of carbonyl (C=O) groups excluding carboxylic acids is 1. The molecule has 0 saturated carbocycles. The van der Waals surface area contributed by atoms with Gasteiger partial charge < -0.3 is 10.2 Å². The highest BCUT2D eigenvalue weighted by Crippen LogP contribution is 2.32. The van der Waals surface area contributed by atoms with Crippen molar-refractivity contribution in [2.45, 2.75) is 25.8 Å². The normalized spacial score (nSPS) is 15.2. The van der Waals surface area contributed by atoms with Gasteiger partial charge in [0.25, 0.3) is 11.6 Å². The van der Waals surface area contributed by atoms with Crippen LogP contribution in [0, 0.1) is 17.0 Å². The lowest BCUT2D eigenvalue weighted by atomic mass is 10.1. The van der Waals surface area contributed by atoms with Crippen LogP contribution in [0.4, 0.5) is 10.8 Å². The van der Waals surface area contributed by atoms with Crippen molar-refractivity contribution in [3.63, 3.8) is 0 Å². The maximum Gasteiger partial charge on any atom is 0.270 e. The van der Waals surface area contributed by atoms with Crippen molar-refractivity contribution in [2.24, 2.45) is 0 Å². The number of fused-ring (bicyclic) bond motifs is 1. The number of rotatable bonds is 4. The first-order valence-electron chi connectivity index (χ1n) is 8.52. The summed E-state index contributed by atoms with van der Waals surface area (Å²) in [5, 5.41) is 14.9. The Morgan fingerprint density at radius 3 is 2.81 bits per heavy atom. The molecule has 0 spiro atoms. The third-order valence-corrected chi connectivity index (χ3v) is 6.63. The fraction of sp³-hybridized carbons (Fsp3) is 0.353. The van der Waals surface area contributed by atoms with Crippen LogP contribution in [0.3, 0.4) is 0 Å². The number of aromatic nitrogens is 2. The zero-order valence-corrected chi connectivity index (χ0v) is 16.2. The fourth-order valence-corrected chi connectivity index (χ4v) is 4.89.